The van der Waals surface area contributed by atoms with Crippen LogP contribution in [0.1, 0.15) is 18.9 Å². The van der Waals surface area contributed by atoms with Gasteiger partial charge in [0.25, 0.3) is 5.91 Å². The van der Waals surface area contributed by atoms with Crippen LogP contribution in [0.5, 0.6) is 11.5 Å². The highest BCUT2D eigenvalue weighted by atomic mass is 16.5. The van der Waals surface area contributed by atoms with E-state index in [1.54, 1.807) is 18.2 Å². The molecule has 1 atom stereocenters. The Kier molecular flexibility index (Phi) is 5.11. The van der Waals surface area contributed by atoms with Crippen molar-refractivity contribution < 1.29 is 19.1 Å². The number of hydrogen-bond donors (Lipinski definition) is 1. The van der Waals surface area contributed by atoms with Gasteiger partial charge in [0.15, 0.2) is 11.5 Å². The summed E-state index contributed by atoms with van der Waals surface area (Å²) in [5.74, 6) is 0.491. The molecule has 0 aliphatic carbocycles. The van der Waals surface area contributed by atoms with Crippen LogP contribution < -0.4 is 19.7 Å². The molecule has 6 heteroatoms. The predicted molar refractivity (Wildman–Crippen MR) is 99.9 cm³/mol. The SMILES string of the molecule is CCc1ccc(N[C@H]2CC(=O)N(c3ccc(OC)c(OC)c3)C2=O)cc1. The molecule has 1 heterocycles. The van der Waals surface area contributed by atoms with Crippen molar-refractivity contribution in [2.45, 2.75) is 25.8 Å². The summed E-state index contributed by atoms with van der Waals surface area (Å²) >= 11 is 0. The average Bonchev–Trinajstić information content (AvgIpc) is 2.95. The lowest BCUT2D eigenvalue weighted by Gasteiger charge is -2.18. The molecular formula is C20H22N2O4. The fourth-order valence-electron chi connectivity index (χ4n) is 3.02. The number of anilines is 2. The Labute approximate surface area is 152 Å². The number of carbonyl (C=O) groups is 2. The van der Waals surface area contributed by atoms with Crippen LogP contribution in [0.2, 0.25) is 0 Å². The van der Waals surface area contributed by atoms with Crippen LogP contribution in [-0.4, -0.2) is 32.1 Å². The minimum absolute atomic E-state index is 0.114. The van der Waals surface area contributed by atoms with Gasteiger partial charge in [-0.15, -0.1) is 0 Å². The number of amides is 2. The van der Waals surface area contributed by atoms with Crippen molar-refractivity contribution >= 4 is 23.2 Å². The predicted octanol–water partition coefficient (Wildman–Crippen LogP) is 3.01. The lowest BCUT2D eigenvalue weighted by Crippen LogP contribution is -2.34. The third-order valence-electron chi connectivity index (χ3n) is 4.48. The first kappa shape index (κ1) is 17.8. The standard InChI is InChI=1S/C20H22N2O4/c1-4-13-5-7-14(8-6-13)21-16-12-19(23)22(20(16)24)15-9-10-17(25-2)18(11-15)26-3/h5-11,16,21H,4,12H2,1-3H3/t16-/m0/s1. The lowest BCUT2D eigenvalue weighted by molar-refractivity contribution is -0.121. The van der Waals surface area contributed by atoms with E-state index in [0.717, 1.165) is 12.1 Å². The van der Waals surface area contributed by atoms with Crippen LogP contribution in [0.4, 0.5) is 11.4 Å². The van der Waals surface area contributed by atoms with Crippen molar-refractivity contribution in [1.29, 1.82) is 0 Å². The van der Waals surface area contributed by atoms with Crippen LogP contribution in [0.25, 0.3) is 0 Å². The van der Waals surface area contributed by atoms with Crippen LogP contribution in [-0.2, 0) is 16.0 Å². The van der Waals surface area contributed by atoms with Crippen LogP contribution in [0, 0.1) is 0 Å². The highest BCUT2D eigenvalue weighted by molar-refractivity contribution is 6.23. The molecule has 2 amide bonds. The van der Waals surface area contributed by atoms with Gasteiger partial charge in [-0.05, 0) is 36.2 Å². The van der Waals surface area contributed by atoms with Gasteiger partial charge in [-0.2, -0.15) is 0 Å². The van der Waals surface area contributed by atoms with Crippen molar-refractivity contribution in [2.24, 2.45) is 0 Å². The first-order chi connectivity index (χ1) is 12.6. The van der Waals surface area contributed by atoms with Crippen molar-refractivity contribution in [2.75, 3.05) is 24.4 Å². The monoisotopic (exact) mass is 354 g/mol. The number of imide groups is 1. The molecule has 0 saturated carbocycles. The van der Waals surface area contributed by atoms with E-state index in [0.29, 0.717) is 17.2 Å². The van der Waals surface area contributed by atoms with Gasteiger partial charge in [0.05, 0.1) is 26.3 Å². The number of carbonyl (C=O) groups excluding carboxylic acids is 2. The van der Waals surface area contributed by atoms with E-state index >= 15 is 0 Å². The van der Waals surface area contributed by atoms with Crippen molar-refractivity contribution in [3.8, 4) is 11.5 Å². The summed E-state index contributed by atoms with van der Waals surface area (Å²) in [5.41, 5.74) is 2.52. The second-order valence-corrected chi connectivity index (χ2v) is 6.06. The molecule has 2 aromatic rings. The van der Waals surface area contributed by atoms with Gasteiger partial charge in [-0.1, -0.05) is 19.1 Å². The van der Waals surface area contributed by atoms with E-state index in [1.165, 1.54) is 24.7 Å². The largest absolute Gasteiger partial charge is 0.493 e. The molecule has 2 aromatic carbocycles. The minimum atomic E-state index is -0.580. The lowest BCUT2D eigenvalue weighted by atomic mass is 10.1. The van der Waals surface area contributed by atoms with Crippen molar-refractivity contribution in [3.05, 3.63) is 48.0 Å². The van der Waals surface area contributed by atoms with E-state index in [1.807, 2.05) is 24.3 Å². The molecule has 0 bridgehead atoms. The van der Waals surface area contributed by atoms with E-state index < -0.39 is 6.04 Å². The quantitative estimate of drug-likeness (QED) is 0.808. The number of nitrogens with one attached hydrogen (secondary N) is 1. The summed E-state index contributed by atoms with van der Waals surface area (Å²) in [7, 11) is 3.05. The van der Waals surface area contributed by atoms with Gasteiger partial charge in [-0.3, -0.25) is 9.59 Å². The van der Waals surface area contributed by atoms with Crippen LogP contribution in [0.3, 0.4) is 0 Å². The number of methoxy groups -OCH3 is 2. The van der Waals surface area contributed by atoms with Gasteiger partial charge in [0.1, 0.15) is 6.04 Å². The molecule has 0 radical (unpaired) electrons. The molecule has 6 nitrogen and oxygen atoms in total. The molecule has 1 fully saturated rings. The second kappa shape index (κ2) is 7.47. The Morgan fingerprint density at radius 2 is 1.73 bits per heavy atom. The molecule has 26 heavy (non-hydrogen) atoms. The number of rotatable bonds is 6. The third-order valence-corrected chi connectivity index (χ3v) is 4.48. The molecule has 1 aliphatic heterocycles. The molecule has 1 saturated heterocycles. The second-order valence-electron chi connectivity index (χ2n) is 6.06. The topological polar surface area (TPSA) is 67.9 Å². The van der Waals surface area contributed by atoms with Gasteiger partial charge >= 0.3 is 0 Å². The first-order valence-corrected chi connectivity index (χ1v) is 8.51. The molecule has 3 rings (SSSR count). The highest BCUT2D eigenvalue weighted by Crippen LogP contribution is 2.34. The zero-order chi connectivity index (χ0) is 18.7. The summed E-state index contributed by atoms with van der Waals surface area (Å²) in [4.78, 5) is 26.4. The van der Waals surface area contributed by atoms with Gasteiger partial charge in [0, 0.05) is 11.8 Å². The van der Waals surface area contributed by atoms with Gasteiger partial charge in [0.2, 0.25) is 5.91 Å². The Morgan fingerprint density at radius 3 is 2.35 bits per heavy atom. The molecule has 1 N–H and O–H groups in total. The molecule has 0 unspecified atom stereocenters. The minimum Gasteiger partial charge on any atom is -0.493 e. The number of hydrogen-bond acceptors (Lipinski definition) is 5. The number of benzene rings is 2. The Hall–Kier alpha value is -3.02. The smallest absolute Gasteiger partial charge is 0.256 e. The number of nitrogens with zero attached hydrogens (tertiary/aromatic N) is 1. The molecule has 1 aliphatic rings. The number of ether oxygens (including phenoxy) is 2. The summed E-state index contributed by atoms with van der Waals surface area (Å²) < 4.78 is 10.5. The molecular weight excluding hydrogens is 332 g/mol. The van der Waals surface area contributed by atoms with Gasteiger partial charge in [-0.25, -0.2) is 4.90 Å². The summed E-state index contributed by atoms with van der Waals surface area (Å²) in [6, 6.07) is 12.3. The fraction of sp³-hybridized carbons (Fsp3) is 0.300. The number of aryl methyl sites for hydroxylation is 1. The first-order valence-electron chi connectivity index (χ1n) is 8.51. The average molecular weight is 354 g/mol. The molecule has 0 aromatic heterocycles. The molecule has 0 spiro atoms. The fourth-order valence-corrected chi connectivity index (χ4v) is 3.02. The Balaban J connectivity index is 1.80. The van der Waals surface area contributed by atoms with E-state index in [9.17, 15) is 9.59 Å². The zero-order valence-corrected chi connectivity index (χ0v) is 15.1. The van der Waals surface area contributed by atoms with Crippen molar-refractivity contribution in [3.63, 3.8) is 0 Å². The van der Waals surface area contributed by atoms with Gasteiger partial charge < -0.3 is 14.8 Å². The van der Waals surface area contributed by atoms with E-state index in [4.69, 9.17) is 9.47 Å². The van der Waals surface area contributed by atoms with Crippen LogP contribution in [0.15, 0.2) is 42.5 Å². The zero-order valence-electron chi connectivity index (χ0n) is 15.1. The summed E-state index contributed by atoms with van der Waals surface area (Å²) in [6.45, 7) is 2.09. The normalized spacial score (nSPS) is 16.7. The maximum absolute atomic E-state index is 12.8. The maximum atomic E-state index is 12.8. The van der Waals surface area contributed by atoms with E-state index in [-0.39, 0.29) is 18.2 Å². The third kappa shape index (κ3) is 3.35. The van der Waals surface area contributed by atoms with Crippen molar-refractivity contribution in [1.82, 2.24) is 0 Å². The maximum Gasteiger partial charge on any atom is 0.256 e. The van der Waals surface area contributed by atoms with Crippen LogP contribution >= 0.6 is 0 Å². The summed E-state index contributed by atoms with van der Waals surface area (Å²) in [5, 5.41) is 3.16. The van der Waals surface area contributed by atoms with E-state index in [2.05, 4.69) is 12.2 Å². The Bertz CT molecular complexity index is 817. The summed E-state index contributed by atoms with van der Waals surface area (Å²) in [6.07, 6.45) is 1.07. The molecule has 136 valence electrons. The highest BCUT2D eigenvalue weighted by Gasteiger charge is 2.39. The Morgan fingerprint density at radius 1 is 1.04 bits per heavy atom.